The molecule has 7 heteroatoms. The van der Waals surface area contributed by atoms with Gasteiger partial charge in [-0.3, -0.25) is 14.2 Å². The molecule has 0 aliphatic rings. The van der Waals surface area contributed by atoms with Crippen molar-refractivity contribution in [2.45, 2.75) is 51.6 Å². The first-order chi connectivity index (χ1) is 19.2. The smallest absolute Gasteiger partial charge is 0.262 e. The Balaban J connectivity index is 1.94. The van der Waals surface area contributed by atoms with Gasteiger partial charge < -0.3 is 10.6 Å². The third-order valence-electron chi connectivity index (χ3n) is 7.09. The molecule has 0 aliphatic carbocycles. The molecule has 4 aromatic rings. The van der Waals surface area contributed by atoms with Gasteiger partial charge in [0, 0.05) is 17.0 Å². The Morgan fingerprint density at radius 3 is 2.33 bits per heavy atom. The van der Waals surface area contributed by atoms with Crippen molar-refractivity contribution in [1.29, 1.82) is 0 Å². The molecule has 0 aliphatic heterocycles. The summed E-state index contributed by atoms with van der Waals surface area (Å²) in [5, 5.41) is 0. The molecular weight excluding hydrogens is 516 g/mol. The summed E-state index contributed by atoms with van der Waals surface area (Å²) < 4.78 is 1.74. The van der Waals surface area contributed by atoms with Gasteiger partial charge in [-0.1, -0.05) is 74.0 Å². The van der Waals surface area contributed by atoms with Crippen LogP contribution in [0.3, 0.4) is 0 Å². The third-order valence-corrected chi connectivity index (χ3v) is 7.37. The zero-order valence-corrected chi connectivity index (χ0v) is 24.6. The SMILES string of the molecule is Cc1ccc(C(=O)N(CCCN)C(c2nc(C)c(-c3cccc(S)c3)c(=O)n2Cc2ccccc2)C(C)C)cc1. The van der Waals surface area contributed by atoms with Gasteiger partial charge in [-0.05, 0) is 68.1 Å². The summed E-state index contributed by atoms with van der Waals surface area (Å²) in [7, 11) is 0. The number of benzene rings is 3. The average molecular weight is 555 g/mol. The number of hydrogen-bond donors (Lipinski definition) is 2. The van der Waals surface area contributed by atoms with Crippen LogP contribution in [0.1, 0.15) is 59.3 Å². The van der Waals surface area contributed by atoms with E-state index in [1.54, 1.807) is 4.57 Å². The second-order valence-corrected chi connectivity index (χ2v) is 11.1. The van der Waals surface area contributed by atoms with E-state index in [0.29, 0.717) is 48.7 Å². The molecule has 1 atom stereocenters. The highest BCUT2D eigenvalue weighted by Gasteiger charge is 2.33. The van der Waals surface area contributed by atoms with Crippen LogP contribution >= 0.6 is 12.6 Å². The Labute approximate surface area is 242 Å². The van der Waals surface area contributed by atoms with Gasteiger partial charge in [0.1, 0.15) is 5.82 Å². The number of carbonyl (C=O) groups is 1. The van der Waals surface area contributed by atoms with E-state index in [0.717, 1.165) is 21.6 Å². The molecule has 0 fully saturated rings. The van der Waals surface area contributed by atoms with E-state index >= 15 is 0 Å². The van der Waals surface area contributed by atoms with Gasteiger partial charge in [-0.25, -0.2) is 4.98 Å². The van der Waals surface area contributed by atoms with E-state index in [9.17, 15) is 9.59 Å². The number of rotatable bonds is 10. The number of hydrogen-bond acceptors (Lipinski definition) is 5. The molecule has 1 unspecified atom stereocenters. The molecule has 1 aromatic heterocycles. The van der Waals surface area contributed by atoms with Crippen LogP contribution in [0.4, 0.5) is 0 Å². The van der Waals surface area contributed by atoms with Crippen LogP contribution in [-0.2, 0) is 6.54 Å². The zero-order valence-electron chi connectivity index (χ0n) is 23.7. The minimum Gasteiger partial charge on any atom is -0.330 e. The second-order valence-electron chi connectivity index (χ2n) is 10.6. The summed E-state index contributed by atoms with van der Waals surface area (Å²) in [5.74, 6) is 0.453. The van der Waals surface area contributed by atoms with Crippen molar-refractivity contribution in [1.82, 2.24) is 14.5 Å². The molecule has 208 valence electrons. The van der Waals surface area contributed by atoms with E-state index in [4.69, 9.17) is 10.7 Å². The Morgan fingerprint density at radius 1 is 1.00 bits per heavy atom. The highest BCUT2D eigenvalue weighted by atomic mass is 32.1. The molecule has 2 N–H and O–H groups in total. The largest absolute Gasteiger partial charge is 0.330 e. The van der Waals surface area contributed by atoms with E-state index in [-0.39, 0.29) is 17.4 Å². The average Bonchev–Trinajstić information content (AvgIpc) is 2.93. The number of aryl methyl sites for hydroxylation is 2. The fourth-order valence-electron chi connectivity index (χ4n) is 5.11. The van der Waals surface area contributed by atoms with Crippen LogP contribution in [0.5, 0.6) is 0 Å². The number of thiol groups is 1. The number of nitrogens with zero attached hydrogens (tertiary/aromatic N) is 3. The van der Waals surface area contributed by atoms with Crippen molar-refractivity contribution in [2.24, 2.45) is 11.7 Å². The van der Waals surface area contributed by atoms with Gasteiger partial charge in [0.2, 0.25) is 0 Å². The number of amides is 1. The highest BCUT2D eigenvalue weighted by Crippen LogP contribution is 2.31. The summed E-state index contributed by atoms with van der Waals surface area (Å²) in [6.45, 7) is 9.23. The van der Waals surface area contributed by atoms with Gasteiger partial charge in [-0.15, -0.1) is 12.6 Å². The van der Waals surface area contributed by atoms with Crippen LogP contribution in [0.2, 0.25) is 0 Å². The molecule has 0 saturated heterocycles. The fraction of sp³-hybridized carbons (Fsp3) is 0.303. The summed E-state index contributed by atoms with van der Waals surface area (Å²) >= 11 is 4.50. The molecule has 4 rings (SSSR count). The zero-order chi connectivity index (χ0) is 28.8. The number of aromatic nitrogens is 2. The fourth-order valence-corrected chi connectivity index (χ4v) is 5.33. The van der Waals surface area contributed by atoms with Crippen molar-refractivity contribution in [3.63, 3.8) is 0 Å². The van der Waals surface area contributed by atoms with E-state index in [1.165, 1.54) is 0 Å². The summed E-state index contributed by atoms with van der Waals surface area (Å²) in [6, 6.07) is 24.6. The van der Waals surface area contributed by atoms with Crippen LogP contribution in [-0.4, -0.2) is 33.4 Å². The Kier molecular flexibility index (Phi) is 9.61. The third kappa shape index (κ3) is 6.54. The highest BCUT2D eigenvalue weighted by molar-refractivity contribution is 7.80. The predicted octanol–water partition coefficient (Wildman–Crippen LogP) is 6.05. The van der Waals surface area contributed by atoms with Crippen molar-refractivity contribution in [3.05, 3.63) is 117 Å². The van der Waals surface area contributed by atoms with Crippen molar-refractivity contribution >= 4 is 18.5 Å². The maximum absolute atomic E-state index is 14.3. The van der Waals surface area contributed by atoms with Gasteiger partial charge >= 0.3 is 0 Å². The number of nitrogens with two attached hydrogens (primary N) is 1. The topological polar surface area (TPSA) is 81.2 Å². The first kappa shape index (κ1) is 29.3. The van der Waals surface area contributed by atoms with Crippen molar-refractivity contribution in [3.8, 4) is 11.1 Å². The lowest BCUT2D eigenvalue weighted by molar-refractivity contribution is 0.0602. The molecule has 0 radical (unpaired) electrons. The molecule has 0 spiro atoms. The molecule has 40 heavy (non-hydrogen) atoms. The molecular formula is C33H38N4O2S. The predicted molar refractivity (Wildman–Crippen MR) is 165 cm³/mol. The van der Waals surface area contributed by atoms with Crippen LogP contribution < -0.4 is 11.3 Å². The minimum absolute atomic E-state index is 0.0212. The quantitative estimate of drug-likeness (QED) is 0.234. The Morgan fingerprint density at radius 2 is 1.70 bits per heavy atom. The summed E-state index contributed by atoms with van der Waals surface area (Å²) in [5.41, 5.74) is 10.4. The standard InChI is InChI=1S/C33H38N4O2S/c1-22(2)30(36(19-9-18-34)32(38)26-16-14-23(3)15-17-26)31-35-24(4)29(27-12-8-13-28(40)20-27)33(39)37(31)21-25-10-6-5-7-11-25/h5-8,10-17,20,22,30,40H,9,18-19,21,34H2,1-4H3. The van der Waals surface area contributed by atoms with Crippen molar-refractivity contribution in [2.75, 3.05) is 13.1 Å². The van der Waals surface area contributed by atoms with Crippen LogP contribution in [0.15, 0.2) is 88.6 Å². The molecule has 6 nitrogen and oxygen atoms in total. The first-order valence-electron chi connectivity index (χ1n) is 13.7. The maximum Gasteiger partial charge on any atom is 0.262 e. The van der Waals surface area contributed by atoms with Gasteiger partial charge in [-0.2, -0.15) is 0 Å². The Bertz CT molecular complexity index is 1510. The number of carbonyl (C=O) groups excluding carboxylic acids is 1. The van der Waals surface area contributed by atoms with E-state index < -0.39 is 6.04 Å². The normalized spacial score (nSPS) is 12.0. The molecule has 1 amide bonds. The molecule has 0 bridgehead atoms. The summed E-state index contributed by atoms with van der Waals surface area (Å²) in [6.07, 6.45) is 0.634. The molecule has 3 aromatic carbocycles. The lowest BCUT2D eigenvalue weighted by Gasteiger charge is -2.36. The maximum atomic E-state index is 14.3. The van der Waals surface area contributed by atoms with E-state index in [1.807, 2.05) is 97.6 Å². The van der Waals surface area contributed by atoms with Crippen LogP contribution in [0, 0.1) is 19.8 Å². The van der Waals surface area contributed by atoms with Crippen LogP contribution in [0.25, 0.3) is 11.1 Å². The lowest BCUT2D eigenvalue weighted by atomic mass is 9.98. The molecule has 0 saturated carbocycles. The van der Waals surface area contributed by atoms with Crippen molar-refractivity contribution < 1.29 is 4.79 Å². The van der Waals surface area contributed by atoms with Gasteiger partial charge in [0.15, 0.2) is 0 Å². The summed E-state index contributed by atoms with van der Waals surface area (Å²) in [4.78, 5) is 36.1. The first-order valence-corrected chi connectivity index (χ1v) is 14.2. The van der Waals surface area contributed by atoms with Gasteiger partial charge in [0.25, 0.3) is 11.5 Å². The monoisotopic (exact) mass is 554 g/mol. The lowest BCUT2D eigenvalue weighted by Crippen LogP contribution is -2.42. The Hall–Kier alpha value is -3.68. The van der Waals surface area contributed by atoms with Gasteiger partial charge in [0.05, 0.1) is 23.8 Å². The minimum atomic E-state index is -0.444. The molecule has 1 heterocycles. The van der Waals surface area contributed by atoms with E-state index in [2.05, 4.69) is 26.5 Å². The second kappa shape index (κ2) is 13.1.